The van der Waals surface area contributed by atoms with E-state index in [0.29, 0.717) is 47.3 Å². The molecule has 36 heavy (non-hydrogen) atoms. The zero-order valence-electron chi connectivity index (χ0n) is 22.1. The van der Waals surface area contributed by atoms with Crippen LogP contribution in [0.5, 0.6) is 28.7 Å². The molecule has 0 amide bonds. The van der Waals surface area contributed by atoms with Gasteiger partial charge in [0.2, 0.25) is 5.75 Å². The topological polar surface area (TPSA) is 81.7 Å². The third kappa shape index (κ3) is 5.87. The number of ether oxygens (including phenoxy) is 7. The van der Waals surface area contributed by atoms with Crippen molar-refractivity contribution in [3.05, 3.63) is 53.1 Å². The van der Waals surface area contributed by atoms with Crippen LogP contribution in [-0.2, 0) is 20.7 Å². The zero-order chi connectivity index (χ0) is 26.2. The van der Waals surface area contributed by atoms with Crippen molar-refractivity contribution < 1.29 is 38.0 Å². The van der Waals surface area contributed by atoms with Gasteiger partial charge in [-0.15, -0.1) is 0 Å². The molecule has 1 fully saturated rings. The summed E-state index contributed by atoms with van der Waals surface area (Å²) in [6, 6.07) is 9.65. The number of allylic oxidation sites excluding steroid dienone is 1. The van der Waals surface area contributed by atoms with Gasteiger partial charge < -0.3 is 33.2 Å². The van der Waals surface area contributed by atoms with Crippen molar-refractivity contribution in [2.24, 2.45) is 11.8 Å². The summed E-state index contributed by atoms with van der Waals surface area (Å²) in [6.45, 7) is 4.27. The third-order valence-corrected chi connectivity index (χ3v) is 6.61. The zero-order valence-corrected chi connectivity index (χ0v) is 22.1. The summed E-state index contributed by atoms with van der Waals surface area (Å²) in [4.78, 5) is 12.5. The van der Waals surface area contributed by atoms with E-state index in [0.717, 1.165) is 11.1 Å². The van der Waals surface area contributed by atoms with Crippen molar-refractivity contribution in [1.29, 1.82) is 0 Å². The predicted octanol–water partition coefficient (Wildman–Crippen LogP) is 4.79. The molecule has 8 nitrogen and oxygen atoms in total. The molecule has 0 spiro atoms. The minimum atomic E-state index is -0.335. The van der Waals surface area contributed by atoms with E-state index in [9.17, 15) is 4.79 Å². The molecular weight excluding hydrogens is 464 g/mol. The normalized spacial score (nSPS) is 19.5. The Hall–Kier alpha value is -3.39. The van der Waals surface area contributed by atoms with Crippen molar-refractivity contribution in [3.63, 3.8) is 0 Å². The predicted molar refractivity (Wildman–Crippen MR) is 135 cm³/mol. The molecule has 0 N–H and O–H groups in total. The summed E-state index contributed by atoms with van der Waals surface area (Å²) >= 11 is 0. The fourth-order valence-electron chi connectivity index (χ4n) is 4.48. The van der Waals surface area contributed by atoms with Gasteiger partial charge in [0.05, 0.1) is 54.9 Å². The first-order valence-corrected chi connectivity index (χ1v) is 11.8. The minimum absolute atomic E-state index is 0.0888. The highest BCUT2D eigenvalue weighted by Gasteiger charge is 2.40. The van der Waals surface area contributed by atoms with Crippen molar-refractivity contribution in [2.75, 3.05) is 48.8 Å². The van der Waals surface area contributed by atoms with Crippen LogP contribution in [0.3, 0.4) is 0 Å². The summed E-state index contributed by atoms with van der Waals surface area (Å²) in [5, 5.41) is 0. The lowest BCUT2D eigenvalue weighted by atomic mass is 9.84. The van der Waals surface area contributed by atoms with Gasteiger partial charge in [0.25, 0.3) is 0 Å². The Morgan fingerprint density at radius 2 is 1.56 bits per heavy atom. The van der Waals surface area contributed by atoms with Gasteiger partial charge in [0, 0.05) is 11.5 Å². The number of carbonyl (C=O) groups excluding carboxylic acids is 1. The first kappa shape index (κ1) is 27.2. The molecule has 1 aliphatic heterocycles. The van der Waals surface area contributed by atoms with Crippen molar-refractivity contribution in [2.45, 2.75) is 26.4 Å². The second kappa shape index (κ2) is 12.5. The maximum atomic E-state index is 12.5. The lowest BCUT2D eigenvalue weighted by Gasteiger charge is -2.24. The highest BCUT2D eigenvalue weighted by Crippen LogP contribution is 2.46. The number of rotatable bonds is 11. The molecule has 3 rings (SSSR count). The van der Waals surface area contributed by atoms with E-state index in [1.165, 1.54) is 0 Å². The second-order valence-electron chi connectivity index (χ2n) is 8.60. The van der Waals surface area contributed by atoms with E-state index >= 15 is 0 Å². The van der Waals surface area contributed by atoms with Gasteiger partial charge in [-0.1, -0.05) is 12.1 Å². The van der Waals surface area contributed by atoms with Gasteiger partial charge in [0.15, 0.2) is 23.0 Å². The molecule has 2 aromatic carbocycles. The minimum Gasteiger partial charge on any atom is -0.493 e. The van der Waals surface area contributed by atoms with E-state index in [1.807, 2.05) is 37.3 Å². The molecule has 196 valence electrons. The molecule has 3 atom stereocenters. The number of methoxy groups -OCH3 is 5. The molecule has 1 aliphatic rings. The molecule has 0 radical (unpaired) electrons. The fraction of sp³-hybridized carbons (Fsp3) is 0.464. The van der Waals surface area contributed by atoms with E-state index in [1.54, 1.807) is 48.5 Å². The number of carbonyl (C=O) groups is 1. The highest BCUT2D eigenvalue weighted by atomic mass is 16.5. The second-order valence-corrected chi connectivity index (χ2v) is 8.60. The number of esters is 1. The smallest absolute Gasteiger partial charge is 0.333 e. The molecule has 0 aromatic heterocycles. The Balaban J connectivity index is 1.94. The molecule has 1 saturated heterocycles. The highest BCUT2D eigenvalue weighted by molar-refractivity contribution is 5.87. The van der Waals surface area contributed by atoms with Gasteiger partial charge in [0.1, 0.15) is 0 Å². The van der Waals surface area contributed by atoms with Crippen LogP contribution in [-0.4, -0.2) is 54.7 Å². The van der Waals surface area contributed by atoms with E-state index in [-0.39, 0.29) is 30.5 Å². The van der Waals surface area contributed by atoms with Crippen LogP contribution in [0.4, 0.5) is 0 Å². The van der Waals surface area contributed by atoms with Gasteiger partial charge >= 0.3 is 5.97 Å². The first-order chi connectivity index (χ1) is 17.4. The lowest BCUT2D eigenvalue weighted by Crippen LogP contribution is -2.24. The average Bonchev–Trinajstić information content (AvgIpc) is 3.31. The van der Waals surface area contributed by atoms with Crippen LogP contribution in [0.25, 0.3) is 0 Å². The third-order valence-electron chi connectivity index (χ3n) is 6.61. The SMILES string of the molecule is C/C=C(\C)C(=O)OC[C@H]1[C@@H](Cc2ccc(OC)c(OC)c2)CO[C@@H]1c1cc(OC)c(OC)c(OC)c1. The largest absolute Gasteiger partial charge is 0.493 e. The Bertz CT molecular complexity index is 1050. The van der Waals surface area contributed by atoms with Gasteiger partial charge in [-0.2, -0.15) is 0 Å². The van der Waals surface area contributed by atoms with Crippen molar-refractivity contribution in [1.82, 2.24) is 0 Å². The Morgan fingerprint density at radius 1 is 0.917 bits per heavy atom. The maximum Gasteiger partial charge on any atom is 0.333 e. The van der Waals surface area contributed by atoms with Crippen LogP contribution in [0, 0.1) is 11.8 Å². The van der Waals surface area contributed by atoms with Crippen LogP contribution in [0.2, 0.25) is 0 Å². The average molecular weight is 501 g/mol. The number of benzene rings is 2. The molecular formula is C28H36O8. The van der Waals surface area contributed by atoms with E-state index < -0.39 is 0 Å². The van der Waals surface area contributed by atoms with Gasteiger partial charge in [-0.25, -0.2) is 4.79 Å². The molecule has 0 bridgehead atoms. The fourth-order valence-corrected chi connectivity index (χ4v) is 4.48. The quantitative estimate of drug-likeness (QED) is 0.322. The first-order valence-electron chi connectivity index (χ1n) is 11.8. The van der Waals surface area contributed by atoms with Crippen LogP contribution < -0.4 is 23.7 Å². The van der Waals surface area contributed by atoms with Gasteiger partial charge in [-0.05, 0) is 61.6 Å². The summed E-state index contributed by atoms with van der Waals surface area (Å²) in [5.41, 5.74) is 2.51. The Morgan fingerprint density at radius 3 is 2.11 bits per heavy atom. The lowest BCUT2D eigenvalue weighted by molar-refractivity contribution is -0.141. The Kier molecular flexibility index (Phi) is 9.47. The van der Waals surface area contributed by atoms with Crippen LogP contribution in [0.1, 0.15) is 31.1 Å². The van der Waals surface area contributed by atoms with E-state index in [2.05, 4.69) is 0 Å². The number of hydrogen-bond acceptors (Lipinski definition) is 8. The summed E-state index contributed by atoms with van der Waals surface area (Å²) in [5.74, 6) is 2.58. The van der Waals surface area contributed by atoms with E-state index in [4.69, 9.17) is 33.2 Å². The van der Waals surface area contributed by atoms with Gasteiger partial charge in [-0.3, -0.25) is 0 Å². The maximum absolute atomic E-state index is 12.5. The summed E-state index contributed by atoms with van der Waals surface area (Å²) < 4.78 is 39.5. The molecule has 8 heteroatoms. The summed E-state index contributed by atoms with van der Waals surface area (Å²) in [6.07, 6.45) is 2.12. The molecule has 2 aromatic rings. The number of hydrogen-bond donors (Lipinski definition) is 0. The monoisotopic (exact) mass is 500 g/mol. The van der Waals surface area contributed by atoms with Crippen LogP contribution in [0.15, 0.2) is 42.0 Å². The standard InChI is InChI=1S/C28H36O8/c1-8-17(2)28(29)36-16-21-20(11-18-9-10-22(30-3)23(12-18)31-4)15-35-26(21)19-13-24(32-5)27(34-7)25(14-19)33-6/h8-10,12-14,20-21,26H,11,15-16H2,1-7H3/b17-8+/t20-,21-,26+/m0/s1. The molecule has 0 unspecified atom stereocenters. The Labute approximate surface area is 213 Å². The van der Waals surface area contributed by atoms with Crippen molar-refractivity contribution >= 4 is 5.97 Å². The molecule has 0 saturated carbocycles. The molecule has 1 heterocycles. The van der Waals surface area contributed by atoms with Crippen LogP contribution >= 0.6 is 0 Å². The summed E-state index contributed by atoms with van der Waals surface area (Å²) in [7, 11) is 7.95. The molecule has 0 aliphatic carbocycles. The van der Waals surface area contributed by atoms with Crippen molar-refractivity contribution in [3.8, 4) is 28.7 Å².